The average Bonchev–Trinajstić information content (AvgIpc) is 3.00. The number of Topliss-reactive ketones (excluding diaryl/α,β-unsaturated/α-hetero) is 1. The van der Waals surface area contributed by atoms with Crippen LogP contribution in [0.3, 0.4) is 0 Å². The van der Waals surface area contributed by atoms with Gasteiger partial charge in [-0.3, -0.25) is 9.59 Å². The number of hydrogen-bond donors (Lipinski definition) is 0. The van der Waals surface area contributed by atoms with Gasteiger partial charge in [0.05, 0.1) is 19.3 Å². The number of carbonyl (C=O) groups is 2. The van der Waals surface area contributed by atoms with Gasteiger partial charge in [0.15, 0.2) is 0 Å². The van der Waals surface area contributed by atoms with Crippen LogP contribution in [0.5, 0.6) is 0 Å². The van der Waals surface area contributed by atoms with E-state index in [9.17, 15) is 9.59 Å². The van der Waals surface area contributed by atoms with E-state index in [1.807, 2.05) is 0 Å². The zero-order valence-corrected chi connectivity index (χ0v) is 19.9. The fraction of sp³-hybridized carbons (Fsp3) is 0.846. The Morgan fingerprint density at radius 3 is 2.55 bits per heavy atom. The first-order valence-corrected chi connectivity index (χ1v) is 12.2. The van der Waals surface area contributed by atoms with Gasteiger partial charge in [0.25, 0.3) is 0 Å². The van der Waals surface area contributed by atoms with Crippen LogP contribution in [0.15, 0.2) is 11.6 Å². The highest BCUT2D eigenvalue weighted by Gasteiger charge is 2.62. The number of ketones is 1. The first-order chi connectivity index (χ1) is 14.7. The molecular formula is C26H40O5. The highest BCUT2D eigenvalue weighted by atomic mass is 16.5. The van der Waals surface area contributed by atoms with Crippen molar-refractivity contribution in [2.75, 3.05) is 20.3 Å². The average molecular weight is 433 g/mol. The van der Waals surface area contributed by atoms with Crippen LogP contribution in [-0.2, 0) is 23.8 Å². The van der Waals surface area contributed by atoms with E-state index in [1.165, 1.54) is 18.9 Å². The van der Waals surface area contributed by atoms with E-state index in [1.54, 1.807) is 14.0 Å². The molecule has 0 amide bonds. The zero-order valence-electron chi connectivity index (χ0n) is 19.9. The van der Waals surface area contributed by atoms with Gasteiger partial charge in [-0.15, -0.1) is 0 Å². The molecule has 4 aliphatic carbocycles. The quantitative estimate of drug-likeness (QED) is 0.345. The fourth-order valence-corrected chi connectivity index (χ4v) is 8.12. The minimum Gasteiger partial charge on any atom is -0.462 e. The Hall–Kier alpha value is -1.20. The fourth-order valence-electron chi connectivity index (χ4n) is 8.12. The van der Waals surface area contributed by atoms with Crippen LogP contribution in [0.2, 0.25) is 0 Å². The summed E-state index contributed by atoms with van der Waals surface area (Å²) in [4.78, 5) is 24.2. The van der Waals surface area contributed by atoms with Gasteiger partial charge in [-0.1, -0.05) is 25.5 Å². The maximum absolute atomic E-state index is 12.8. The van der Waals surface area contributed by atoms with Crippen LogP contribution >= 0.6 is 0 Å². The number of esters is 1. The third kappa shape index (κ3) is 3.90. The Balaban J connectivity index is 1.57. The number of rotatable bonds is 6. The van der Waals surface area contributed by atoms with Crippen molar-refractivity contribution in [2.24, 2.45) is 34.5 Å². The molecule has 0 aromatic heterocycles. The monoisotopic (exact) mass is 432 g/mol. The second-order valence-electron chi connectivity index (χ2n) is 11.0. The summed E-state index contributed by atoms with van der Waals surface area (Å²) < 4.78 is 17.0. The topological polar surface area (TPSA) is 61.8 Å². The van der Waals surface area contributed by atoms with E-state index in [4.69, 9.17) is 14.2 Å². The van der Waals surface area contributed by atoms with Crippen LogP contribution in [0.25, 0.3) is 0 Å². The summed E-state index contributed by atoms with van der Waals surface area (Å²) in [7, 11) is 1.69. The number of ether oxygens (including phenoxy) is 3. The van der Waals surface area contributed by atoms with E-state index in [-0.39, 0.29) is 40.7 Å². The lowest BCUT2D eigenvalue weighted by Gasteiger charge is -2.57. The minimum absolute atomic E-state index is 0.00630. The Labute approximate surface area is 187 Å². The molecule has 0 heterocycles. The largest absolute Gasteiger partial charge is 0.462 e. The van der Waals surface area contributed by atoms with Crippen molar-refractivity contribution in [2.45, 2.75) is 84.8 Å². The van der Waals surface area contributed by atoms with Crippen LogP contribution in [-0.4, -0.2) is 44.3 Å². The van der Waals surface area contributed by atoms with Gasteiger partial charge in [-0.25, -0.2) is 0 Å². The third-order valence-electron chi connectivity index (χ3n) is 9.45. The maximum atomic E-state index is 12.8. The summed E-state index contributed by atoms with van der Waals surface area (Å²) in [6.07, 6.45) is 9.79. The summed E-state index contributed by atoms with van der Waals surface area (Å²) in [6.45, 7) is 9.21. The van der Waals surface area contributed by atoms with Gasteiger partial charge < -0.3 is 14.2 Å². The standard InChI is InChI=1S/C26H40O5/c1-16(27)24-23(30-13-12-29-5)15-22-20-7-6-18-14-19(31-17(2)28)8-10-25(18,3)21(20)9-11-26(22,24)4/h6,19-24H,7-15H2,1-5H3/t19-,20+,21-,22-,23+,24-,25-,26-/m0/s1. The molecule has 5 heteroatoms. The Morgan fingerprint density at radius 2 is 1.87 bits per heavy atom. The molecule has 174 valence electrons. The van der Waals surface area contributed by atoms with Crippen LogP contribution in [0, 0.1) is 34.5 Å². The third-order valence-corrected chi connectivity index (χ3v) is 9.45. The summed E-state index contributed by atoms with van der Waals surface area (Å²) in [6, 6.07) is 0. The molecule has 0 saturated heterocycles. The molecule has 4 aliphatic rings. The first-order valence-electron chi connectivity index (χ1n) is 12.2. The SMILES string of the molecule is COCCO[C@@H]1C[C@H]2[C@@H]3CC=C4C[C@@H](OC(C)=O)CC[C@]4(C)[C@H]3CC[C@]2(C)[C@H]1C(C)=O. The van der Waals surface area contributed by atoms with Crippen molar-refractivity contribution in [3.05, 3.63) is 11.6 Å². The molecule has 0 aliphatic heterocycles. The molecule has 0 aromatic carbocycles. The van der Waals surface area contributed by atoms with Crippen molar-refractivity contribution in [1.82, 2.24) is 0 Å². The molecule has 0 bridgehead atoms. The Kier molecular flexibility index (Phi) is 6.39. The molecular weight excluding hydrogens is 392 g/mol. The number of allylic oxidation sites excluding steroid dienone is 1. The van der Waals surface area contributed by atoms with Gasteiger partial charge in [0.1, 0.15) is 11.9 Å². The van der Waals surface area contributed by atoms with E-state index in [0.29, 0.717) is 31.0 Å². The predicted molar refractivity (Wildman–Crippen MR) is 118 cm³/mol. The highest BCUT2D eigenvalue weighted by Crippen LogP contribution is 2.66. The van der Waals surface area contributed by atoms with Gasteiger partial charge in [-0.05, 0) is 74.0 Å². The molecule has 8 atom stereocenters. The normalized spacial score (nSPS) is 44.0. The van der Waals surface area contributed by atoms with Gasteiger partial charge in [0, 0.05) is 26.4 Å². The van der Waals surface area contributed by atoms with Crippen molar-refractivity contribution < 1.29 is 23.8 Å². The van der Waals surface area contributed by atoms with E-state index < -0.39 is 0 Å². The summed E-state index contributed by atoms with van der Waals surface area (Å²) in [5, 5.41) is 0. The van der Waals surface area contributed by atoms with E-state index in [2.05, 4.69) is 19.9 Å². The Morgan fingerprint density at radius 1 is 1.10 bits per heavy atom. The number of methoxy groups -OCH3 is 1. The van der Waals surface area contributed by atoms with Crippen molar-refractivity contribution in [3.63, 3.8) is 0 Å². The molecule has 0 radical (unpaired) electrons. The van der Waals surface area contributed by atoms with E-state index in [0.717, 1.165) is 38.5 Å². The number of hydrogen-bond acceptors (Lipinski definition) is 5. The van der Waals surface area contributed by atoms with Crippen molar-refractivity contribution in [1.29, 1.82) is 0 Å². The predicted octanol–water partition coefficient (Wildman–Crippen LogP) is 4.73. The second kappa shape index (κ2) is 8.62. The lowest BCUT2D eigenvalue weighted by atomic mass is 9.47. The maximum Gasteiger partial charge on any atom is 0.302 e. The van der Waals surface area contributed by atoms with Gasteiger partial charge in [-0.2, -0.15) is 0 Å². The molecule has 31 heavy (non-hydrogen) atoms. The smallest absolute Gasteiger partial charge is 0.302 e. The molecule has 0 N–H and O–H groups in total. The molecule has 0 spiro atoms. The lowest BCUT2D eigenvalue weighted by Crippen LogP contribution is -2.51. The summed E-state index contributed by atoms with van der Waals surface area (Å²) in [5.74, 6) is 1.88. The molecule has 4 rings (SSSR count). The number of fused-ring (bicyclic) bond motifs is 5. The number of carbonyl (C=O) groups excluding carboxylic acids is 2. The zero-order chi connectivity index (χ0) is 22.4. The molecule has 0 aromatic rings. The summed E-state index contributed by atoms with van der Waals surface area (Å²) >= 11 is 0. The van der Waals surface area contributed by atoms with Crippen LogP contribution in [0.1, 0.15) is 72.6 Å². The summed E-state index contributed by atoms with van der Waals surface area (Å²) in [5.41, 5.74) is 1.73. The highest BCUT2D eigenvalue weighted by molar-refractivity contribution is 5.80. The molecule has 3 saturated carbocycles. The van der Waals surface area contributed by atoms with Gasteiger partial charge in [0.2, 0.25) is 0 Å². The van der Waals surface area contributed by atoms with Crippen molar-refractivity contribution >= 4 is 11.8 Å². The Bertz CT molecular complexity index is 744. The molecule has 5 nitrogen and oxygen atoms in total. The van der Waals surface area contributed by atoms with Crippen molar-refractivity contribution in [3.8, 4) is 0 Å². The van der Waals surface area contributed by atoms with Gasteiger partial charge >= 0.3 is 5.97 Å². The van der Waals surface area contributed by atoms with Crippen LogP contribution in [0.4, 0.5) is 0 Å². The first kappa shape index (κ1) is 23.0. The van der Waals surface area contributed by atoms with E-state index >= 15 is 0 Å². The minimum atomic E-state index is -0.169. The molecule has 3 fully saturated rings. The molecule has 0 unspecified atom stereocenters. The lowest BCUT2D eigenvalue weighted by molar-refractivity contribution is -0.149. The second-order valence-corrected chi connectivity index (χ2v) is 11.0. The van der Waals surface area contributed by atoms with Crippen LogP contribution < -0.4 is 0 Å².